The Hall–Kier alpha value is -0.830. The summed E-state index contributed by atoms with van der Waals surface area (Å²) < 4.78 is 0. The maximum atomic E-state index is 6.16. The Balaban J connectivity index is 2.39. The third-order valence-electron chi connectivity index (χ3n) is 2.96. The highest BCUT2D eigenvalue weighted by atomic mass is 35.5. The Bertz CT molecular complexity index is 568. The minimum Gasteiger partial charge on any atom is -0.237 e. The molecule has 0 aliphatic heterocycles. The first-order chi connectivity index (χ1) is 9.02. The van der Waals surface area contributed by atoms with Gasteiger partial charge in [-0.3, -0.25) is 0 Å². The molecule has 0 aliphatic rings. The van der Waals surface area contributed by atoms with Gasteiger partial charge in [0.2, 0.25) is 0 Å². The molecule has 0 saturated heterocycles. The molecule has 100 valence electrons. The molecule has 1 aromatic heterocycles. The first-order valence-electron chi connectivity index (χ1n) is 5.97. The molecule has 2 rings (SSSR count). The number of rotatable bonds is 3. The van der Waals surface area contributed by atoms with Crippen molar-refractivity contribution < 1.29 is 0 Å². The fourth-order valence-electron chi connectivity index (χ4n) is 1.96. The maximum absolute atomic E-state index is 6.16. The van der Waals surface area contributed by atoms with Gasteiger partial charge in [-0.05, 0) is 31.0 Å². The number of aryl methyl sites for hydroxylation is 1. The van der Waals surface area contributed by atoms with Crippen LogP contribution in [0.4, 0.5) is 0 Å². The molecule has 0 spiro atoms. The normalized spacial score (nSPS) is 10.8. The highest BCUT2D eigenvalue weighted by Gasteiger charge is 2.12. The van der Waals surface area contributed by atoms with Crippen molar-refractivity contribution in [2.75, 3.05) is 0 Å². The predicted octanol–water partition coefficient (Wildman–Crippen LogP) is 4.90. The van der Waals surface area contributed by atoms with Gasteiger partial charge in [-0.15, -0.1) is 0 Å². The smallest absolute Gasteiger partial charge is 0.136 e. The average Bonchev–Trinajstić information content (AvgIpc) is 2.34. The first-order valence-corrected chi connectivity index (χ1v) is 7.11. The monoisotopic (exact) mass is 314 g/mol. The zero-order valence-electron chi connectivity index (χ0n) is 10.7. The highest BCUT2D eigenvalue weighted by Crippen LogP contribution is 2.27. The van der Waals surface area contributed by atoms with Gasteiger partial charge in [0.05, 0.1) is 0 Å². The lowest BCUT2D eigenvalue weighted by Gasteiger charge is -2.09. The fraction of sp³-hybridized carbons (Fsp3) is 0.286. The molecule has 0 amide bonds. The highest BCUT2D eigenvalue weighted by molar-refractivity contribution is 6.36. The number of hydrogen-bond acceptors (Lipinski definition) is 2. The Morgan fingerprint density at radius 2 is 1.63 bits per heavy atom. The number of nitrogens with zero attached hydrogens (tertiary/aromatic N) is 2. The van der Waals surface area contributed by atoms with E-state index < -0.39 is 0 Å². The molecule has 1 heterocycles. The molecule has 0 aliphatic carbocycles. The van der Waals surface area contributed by atoms with Crippen LogP contribution in [0.25, 0.3) is 0 Å². The van der Waals surface area contributed by atoms with E-state index in [2.05, 4.69) is 9.97 Å². The van der Waals surface area contributed by atoms with Gasteiger partial charge in [0.25, 0.3) is 0 Å². The van der Waals surface area contributed by atoms with Crippen molar-refractivity contribution in [1.29, 1.82) is 0 Å². The summed E-state index contributed by atoms with van der Waals surface area (Å²) in [6, 6.07) is 5.42. The van der Waals surface area contributed by atoms with Crippen molar-refractivity contribution in [2.24, 2.45) is 0 Å². The quantitative estimate of drug-likeness (QED) is 0.753. The second kappa shape index (κ2) is 6.08. The van der Waals surface area contributed by atoms with Crippen LogP contribution in [0.3, 0.4) is 0 Å². The third-order valence-corrected chi connectivity index (χ3v) is 3.98. The van der Waals surface area contributed by atoms with E-state index >= 15 is 0 Å². The molecule has 0 saturated carbocycles. The van der Waals surface area contributed by atoms with E-state index in [4.69, 9.17) is 34.8 Å². The number of halogens is 3. The van der Waals surface area contributed by atoms with E-state index in [1.165, 1.54) is 0 Å². The minimum absolute atomic E-state index is 0.475. The maximum Gasteiger partial charge on any atom is 0.136 e. The van der Waals surface area contributed by atoms with E-state index in [0.717, 1.165) is 23.2 Å². The summed E-state index contributed by atoms with van der Waals surface area (Å²) in [5.74, 6) is 0.634. The largest absolute Gasteiger partial charge is 0.237 e. The Kier molecular flexibility index (Phi) is 4.67. The van der Waals surface area contributed by atoms with Gasteiger partial charge in [0.1, 0.15) is 11.0 Å². The van der Waals surface area contributed by atoms with Gasteiger partial charge in [0, 0.05) is 27.7 Å². The van der Waals surface area contributed by atoms with Crippen molar-refractivity contribution in [2.45, 2.75) is 26.7 Å². The van der Waals surface area contributed by atoms with Gasteiger partial charge in [-0.2, -0.15) is 0 Å². The fourth-order valence-corrected chi connectivity index (χ4v) is 2.86. The molecule has 5 heteroatoms. The van der Waals surface area contributed by atoms with Crippen molar-refractivity contribution in [1.82, 2.24) is 9.97 Å². The topological polar surface area (TPSA) is 25.8 Å². The minimum atomic E-state index is 0.475. The average molecular weight is 316 g/mol. The van der Waals surface area contributed by atoms with Crippen LogP contribution in [0, 0.1) is 6.92 Å². The lowest BCUT2D eigenvalue weighted by atomic mass is 10.1. The molecule has 0 fully saturated rings. The van der Waals surface area contributed by atoms with Crippen molar-refractivity contribution in [3.63, 3.8) is 0 Å². The van der Waals surface area contributed by atoms with Crippen LogP contribution >= 0.6 is 34.8 Å². The molecule has 0 radical (unpaired) electrons. The second-order valence-electron chi connectivity index (χ2n) is 4.23. The summed E-state index contributed by atoms with van der Waals surface area (Å²) in [4.78, 5) is 8.79. The summed E-state index contributed by atoms with van der Waals surface area (Å²) in [6.45, 7) is 3.96. The molecule has 2 nitrogen and oxygen atoms in total. The van der Waals surface area contributed by atoms with Crippen molar-refractivity contribution >= 4 is 34.8 Å². The summed E-state index contributed by atoms with van der Waals surface area (Å²) in [5, 5.41) is 1.74. The van der Waals surface area contributed by atoms with E-state index in [1.54, 1.807) is 12.1 Å². The molecular weight excluding hydrogens is 303 g/mol. The first kappa shape index (κ1) is 14.6. The van der Waals surface area contributed by atoms with Crippen molar-refractivity contribution in [3.8, 4) is 0 Å². The molecule has 0 N–H and O–H groups in total. The SMILES string of the molecule is CCc1c(C)nc(Cc2c(Cl)cccc2Cl)nc1Cl. The summed E-state index contributed by atoms with van der Waals surface area (Å²) in [5.41, 5.74) is 2.71. The lowest BCUT2D eigenvalue weighted by molar-refractivity contribution is 0.905. The Morgan fingerprint density at radius 1 is 1.00 bits per heavy atom. The number of benzene rings is 1. The molecule has 0 unspecified atom stereocenters. The lowest BCUT2D eigenvalue weighted by Crippen LogP contribution is -2.04. The summed E-state index contributed by atoms with van der Waals surface area (Å²) in [7, 11) is 0. The molecule has 0 atom stereocenters. The van der Waals surface area contributed by atoms with Crippen LogP contribution < -0.4 is 0 Å². The van der Waals surface area contributed by atoms with Crippen LogP contribution in [-0.4, -0.2) is 9.97 Å². The number of aromatic nitrogens is 2. The van der Waals surface area contributed by atoms with Gasteiger partial charge < -0.3 is 0 Å². The van der Waals surface area contributed by atoms with E-state index in [-0.39, 0.29) is 0 Å². The Labute approximate surface area is 127 Å². The summed E-state index contributed by atoms with van der Waals surface area (Å²) >= 11 is 18.5. The van der Waals surface area contributed by atoms with E-state index in [1.807, 2.05) is 19.9 Å². The van der Waals surface area contributed by atoms with Gasteiger partial charge in [-0.1, -0.05) is 47.8 Å². The summed E-state index contributed by atoms with van der Waals surface area (Å²) in [6.07, 6.45) is 1.29. The van der Waals surface area contributed by atoms with Crippen LogP contribution in [0.1, 0.15) is 29.6 Å². The van der Waals surface area contributed by atoms with Crippen LogP contribution in [-0.2, 0) is 12.8 Å². The van der Waals surface area contributed by atoms with Crippen LogP contribution in [0.5, 0.6) is 0 Å². The molecular formula is C14H13Cl3N2. The van der Waals surface area contributed by atoms with E-state index in [0.29, 0.717) is 27.4 Å². The van der Waals surface area contributed by atoms with Gasteiger partial charge >= 0.3 is 0 Å². The van der Waals surface area contributed by atoms with Crippen LogP contribution in [0.2, 0.25) is 15.2 Å². The zero-order valence-corrected chi connectivity index (χ0v) is 12.9. The van der Waals surface area contributed by atoms with Crippen molar-refractivity contribution in [3.05, 3.63) is 56.0 Å². The third kappa shape index (κ3) is 3.19. The molecule has 0 bridgehead atoms. The molecule has 19 heavy (non-hydrogen) atoms. The van der Waals surface area contributed by atoms with Crippen LogP contribution in [0.15, 0.2) is 18.2 Å². The van der Waals surface area contributed by atoms with E-state index in [9.17, 15) is 0 Å². The predicted molar refractivity (Wildman–Crippen MR) is 80.4 cm³/mol. The number of hydrogen-bond donors (Lipinski definition) is 0. The van der Waals surface area contributed by atoms with Gasteiger partial charge in [0.15, 0.2) is 0 Å². The second-order valence-corrected chi connectivity index (χ2v) is 5.40. The molecule has 2 aromatic rings. The zero-order chi connectivity index (χ0) is 14.0. The Morgan fingerprint density at radius 3 is 2.16 bits per heavy atom. The standard InChI is InChI=1S/C14H13Cl3N2/c1-3-9-8(2)18-13(19-14(9)17)7-10-11(15)5-4-6-12(10)16/h4-6H,3,7H2,1-2H3. The molecule has 1 aromatic carbocycles. The van der Waals surface area contributed by atoms with Gasteiger partial charge in [-0.25, -0.2) is 9.97 Å².